The van der Waals surface area contributed by atoms with Crippen LogP contribution in [0.5, 0.6) is 0 Å². The van der Waals surface area contributed by atoms with Crippen LogP contribution < -0.4 is 5.32 Å². The summed E-state index contributed by atoms with van der Waals surface area (Å²) >= 11 is 0. The van der Waals surface area contributed by atoms with Crippen molar-refractivity contribution in [2.24, 2.45) is 0 Å². The van der Waals surface area contributed by atoms with Gasteiger partial charge in [0, 0.05) is 27.7 Å². The zero-order valence-electron chi connectivity index (χ0n) is 20.7. The molecule has 1 aliphatic heterocycles. The number of rotatable bonds is 9. The molecule has 10 heteroatoms. The number of fused-ring (bicyclic) bond motifs is 1. The van der Waals surface area contributed by atoms with Gasteiger partial charge in [-0.15, -0.1) is 0 Å². The molecule has 1 heterocycles. The van der Waals surface area contributed by atoms with Crippen LogP contribution in [-0.4, -0.2) is 67.7 Å². The number of hydrogen-bond donors (Lipinski definition) is 1. The van der Waals surface area contributed by atoms with E-state index in [9.17, 15) is 19.2 Å². The van der Waals surface area contributed by atoms with E-state index in [1.165, 1.54) is 27.7 Å². The maximum Gasteiger partial charge on any atom is 0.303 e. The predicted molar refractivity (Wildman–Crippen MR) is 128 cm³/mol. The second-order valence-corrected chi connectivity index (χ2v) is 8.48. The lowest BCUT2D eigenvalue weighted by Gasteiger charge is -2.44. The largest absolute Gasteiger partial charge is 0.463 e. The molecule has 1 aliphatic rings. The van der Waals surface area contributed by atoms with Crippen molar-refractivity contribution in [1.29, 1.82) is 0 Å². The monoisotopic (exact) mass is 501 g/mol. The molecule has 5 atom stereocenters. The number of ether oxygens (including phenoxy) is 5. The molecule has 0 radical (unpaired) electrons. The number of hydrogen-bond acceptors (Lipinski definition) is 9. The Labute approximate surface area is 209 Å². The summed E-state index contributed by atoms with van der Waals surface area (Å²) in [5, 5.41) is 4.88. The second kappa shape index (κ2) is 12.5. The first-order chi connectivity index (χ1) is 17.2. The van der Waals surface area contributed by atoms with E-state index in [1.807, 2.05) is 42.5 Å². The van der Waals surface area contributed by atoms with Gasteiger partial charge in [-0.05, 0) is 22.8 Å². The van der Waals surface area contributed by atoms with Gasteiger partial charge in [-0.2, -0.15) is 0 Å². The van der Waals surface area contributed by atoms with E-state index in [4.69, 9.17) is 23.7 Å². The molecule has 10 nitrogen and oxygen atoms in total. The van der Waals surface area contributed by atoms with E-state index in [0.717, 1.165) is 16.3 Å². The lowest BCUT2D eigenvalue weighted by molar-refractivity contribution is -0.277. The molecule has 1 fully saturated rings. The lowest BCUT2D eigenvalue weighted by Crippen LogP contribution is -2.66. The number of nitrogens with one attached hydrogen (secondary N) is 1. The van der Waals surface area contributed by atoms with E-state index < -0.39 is 54.5 Å². The van der Waals surface area contributed by atoms with Gasteiger partial charge in [0.1, 0.15) is 18.8 Å². The summed E-state index contributed by atoms with van der Waals surface area (Å²) in [5.74, 6) is -2.31. The third kappa shape index (κ3) is 7.25. The summed E-state index contributed by atoms with van der Waals surface area (Å²) in [6.45, 7) is 4.84. The Kier molecular flexibility index (Phi) is 9.38. The summed E-state index contributed by atoms with van der Waals surface area (Å²) in [7, 11) is 0. The first kappa shape index (κ1) is 27.1. The van der Waals surface area contributed by atoms with Crippen molar-refractivity contribution in [1.82, 2.24) is 5.32 Å². The number of carbonyl (C=O) groups is 4. The molecule has 1 saturated heterocycles. The van der Waals surface area contributed by atoms with Crippen LogP contribution in [0, 0.1) is 0 Å². The van der Waals surface area contributed by atoms with E-state index in [2.05, 4.69) is 5.32 Å². The van der Waals surface area contributed by atoms with Gasteiger partial charge in [-0.25, -0.2) is 0 Å². The number of amides is 1. The molecule has 1 amide bonds. The fourth-order valence-corrected chi connectivity index (χ4v) is 4.23. The van der Waals surface area contributed by atoms with Crippen molar-refractivity contribution >= 4 is 34.6 Å². The maximum absolute atomic E-state index is 12.0. The smallest absolute Gasteiger partial charge is 0.303 e. The maximum atomic E-state index is 12.0. The Morgan fingerprint density at radius 3 is 2.19 bits per heavy atom. The summed E-state index contributed by atoms with van der Waals surface area (Å²) in [4.78, 5) is 47.2. The molecular weight excluding hydrogens is 470 g/mol. The molecule has 36 heavy (non-hydrogen) atoms. The van der Waals surface area contributed by atoms with Gasteiger partial charge >= 0.3 is 17.9 Å². The molecule has 0 unspecified atom stereocenters. The van der Waals surface area contributed by atoms with E-state index >= 15 is 0 Å². The van der Waals surface area contributed by atoms with E-state index in [0.29, 0.717) is 6.42 Å². The molecule has 194 valence electrons. The molecule has 1 N–H and O–H groups in total. The zero-order valence-corrected chi connectivity index (χ0v) is 20.7. The molecule has 0 spiro atoms. The fraction of sp³-hybridized carbons (Fsp3) is 0.462. The van der Waals surface area contributed by atoms with Crippen molar-refractivity contribution in [2.75, 3.05) is 13.2 Å². The first-order valence-corrected chi connectivity index (χ1v) is 11.6. The number of carbonyl (C=O) groups excluding carboxylic acids is 4. The number of esters is 3. The van der Waals surface area contributed by atoms with E-state index in [-0.39, 0.29) is 13.2 Å². The molecule has 0 bridgehead atoms. The zero-order chi connectivity index (χ0) is 26.2. The standard InChI is InChI=1S/C26H31NO9/c1-15(28)27-23-25(35-18(4)31)24(34-17(3)30)22(14-33-16(2)29)36-26(23)32-13-12-20-10-7-9-19-8-5-6-11-21(19)20/h5-11,22-26H,12-14H2,1-4H3,(H,27,28)/t22-,23-,24+,25+,26-/m0/s1. The molecule has 3 rings (SSSR count). The number of benzene rings is 2. The van der Waals surface area contributed by atoms with Gasteiger partial charge < -0.3 is 29.0 Å². The highest BCUT2D eigenvalue weighted by molar-refractivity contribution is 5.85. The van der Waals surface area contributed by atoms with Gasteiger partial charge in [-0.3, -0.25) is 19.2 Å². The van der Waals surface area contributed by atoms with Crippen molar-refractivity contribution in [2.45, 2.75) is 64.8 Å². The summed E-state index contributed by atoms with van der Waals surface area (Å²) in [6.07, 6.45) is -3.85. The minimum absolute atomic E-state index is 0.208. The van der Waals surface area contributed by atoms with Crippen LogP contribution in [0.25, 0.3) is 10.8 Å². The molecule has 2 aromatic rings. The van der Waals surface area contributed by atoms with E-state index in [1.54, 1.807) is 0 Å². The second-order valence-electron chi connectivity index (χ2n) is 8.48. The van der Waals surface area contributed by atoms with Crippen LogP contribution in [0.2, 0.25) is 0 Å². The van der Waals surface area contributed by atoms with Gasteiger partial charge in [0.15, 0.2) is 18.5 Å². The topological polar surface area (TPSA) is 126 Å². The Morgan fingerprint density at radius 1 is 0.861 bits per heavy atom. The van der Waals surface area contributed by atoms with Crippen LogP contribution in [0.4, 0.5) is 0 Å². The van der Waals surface area contributed by atoms with Crippen molar-refractivity contribution < 1.29 is 42.9 Å². The summed E-state index contributed by atoms with van der Waals surface area (Å²) in [6, 6.07) is 13.0. The summed E-state index contributed by atoms with van der Waals surface area (Å²) < 4.78 is 28.0. The van der Waals surface area contributed by atoms with Crippen molar-refractivity contribution in [3.05, 3.63) is 48.0 Å². The minimum atomic E-state index is -1.15. The minimum Gasteiger partial charge on any atom is -0.463 e. The Bertz CT molecular complexity index is 1100. The highest BCUT2D eigenvalue weighted by Crippen LogP contribution is 2.28. The fourth-order valence-electron chi connectivity index (χ4n) is 4.23. The first-order valence-electron chi connectivity index (χ1n) is 11.6. The lowest BCUT2D eigenvalue weighted by atomic mass is 9.96. The van der Waals surface area contributed by atoms with Crippen molar-refractivity contribution in [3.8, 4) is 0 Å². The molecule has 2 aromatic carbocycles. The molecular formula is C26H31NO9. The van der Waals surface area contributed by atoms with Crippen LogP contribution in [-0.2, 0) is 49.3 Å². The van der Waals surface area contributed by atoms with Crippen LogP contribution in [0.1, 0.15) is 33.3 Å². The van der Waals surface area contributed by atoms with Gasteiger partial charge in [0.2, 0.25) is 5.91 Å². The third-order valence-electron chi connectivity index (χ3n) is 5.60. The SMILES string of the molecule is CC(=O)N[C@@H]1[C@@H](OCCc2cccc3ccccc23)O[C@@H](COC(C)=O)[C@@H](OC(C)=O)[C@@H]1OC(C)=O. The Hall–Kier alpha value is -3.50. The highest BCUT2D eigenvalue weighted by Gasteiger charge is 2.51. The molecule has 0 saturated carbocycles. The van der Waals surface area contributed by atoms with Crippen LogP contribution in [0.3, 0.4) is 0 Å². The molecule has 0 aromatic heterocycles. The van der Waals surface area contributed by atoms with Crippen molar-refractivity contribution in [3.63, 3.8) is 0 Å². The normalized spacial score (nSPS) is 23.5. The highest BCUT2D eigenvalue weighted by atomic mass is 16.7. The summed E-state index contributed by atoms with van der Waals surface area (Å²) in [5.41, 5.74) is 1.06. The van der Waals surface area contributed by atoms with Gasteiger partial charge in [-0.1, -0.05) is 42.5 Å². The quantitative estimate of drug-likeness (QED) is 0.406. The van der Waals surface area contributed by atoms with Gasteiger partial charge in [0.05, 0.1) is 6.61 Å². The third-order valence-corrected chi connectivity index (χ3v) is 5.60. The average molecular weight is 502 g/mol. The van der Waals surface area contributed by atoms with Crippen LogP contribution in [0.15, 0.2) is 42.5 Å². The Morgan fingerprint density at radius 2 is 1.53 bits per heavy atom. The predicted octanol–water partition coefficient (Wildman–Crippen LogP) is 2.05. The van der Waals surface area contributed by atoms with Gasteiger partial charge in [0.25, 0.3) is 0 Å². The Balaban J connectivity index is 1.85. The van der Waals surface area contributed by atoms with Crippen LogP contribution >= 0.6 is 0 Å². The molecule has 0 aliphatic carbocycles. The average Bonchev–Trinajstić information content (AvgIpc) is 2.80.